The molecule has 1 amide bonds. The van der Waals surface area contributed by atoms with Crippen molar-refractivity contribution in [1.82, 2.24) is 5.32 Å². The van der Waals surface area contributed by atoms with Crippen LogP contribution in [0, 0.1) is 5.82 Å². The average molecular weight is 296 g/mol. The lowest BCUT2D eigenvalue weighted by Gasteiger charge is -2.15. The number of carbonyl (C=O) groups is 1. The highest BCUT2D eigenvalue weighted by atomic mass is 35.5. The summed E-state index contributed by atoms with van der Waals surface area (Å²) in [4.78, 5) is 11.8. The standard InChI is InChI=1S/C12H10ClF4NO/c13-6-11(3-4-11)18-10(19)8-5-7(12(15,16)17)1-2-9(8)14/h1-2,5H,3-4,6H2,(H,18,19). The Morgan fingerprint density at radius 2 is 2.00 bits per heavy atom. The predicted octanol–water partition coefficient (Wildman–Crippen LogP) is 3.35. The lowest BCUT2D eigenvalue weighted by molar-refractivity contribution is -0.137. The van der Waals surface area contributed by atoms with Gasteiger partial charge in [0.15, 0.2) is 0 Å². The summed E-state index contributed by atoms with van der Waals surface area (Å²) in [6, 6.07) is 1.74. The van der Waals surface area contributed by atoms with Gasteiger partial charge >= 0.3 is 6.18 Å². The van der Waals surface area contributed by atoms with Gasteiger partial charge in [0.25, 0.3) is 5.91 Å². The van der Waals surface area contributed by atoms with Gasteiger partial charge in [-0.1, -0.05) is 0 Å². The molecule has 7 heteroatoms. The summed E-state index contributed by atoms with van der Waals surface area (Å²) in [7, 11) is 0. The second-order valence-electron chi connectivity index (χ2n) is 4.56. The van der Waals surface area contributed by atoms with Gasteiger partial charge in [0, 0.05) is 5.88 Å². The molecule has 0 radical (unpaired) electrons. The van der Waals surface area contributed by atoms with Gasteiger partial charge in [-0.25, -0.2) is 4.39 Å². The number of carbonyl (C=O) groups excluding carboxylic acids is 1. The Kier molecular flexibility index (Phi) is 3.47. The van der Waals surface area contributed by atoms with E-state index in [0.717, 1.165) is 0 Å². The van der Waals surface area contributed by atoms with Crippen LogP contribution in [0.25, 0.3) is 0 Å². The van der Waals surface area contributed by atoms with E-state index in [0.29, 0.717) is 31.0 Å². The second-order valence-corrected chi connectivity index (χ2v) is 4.83. The van der Waals surface area contributed by atoms with E-state index in [1.54, 1.807) is 0 Å². The Morgan fingerprint density at radius 3 is 2.47 bits per heavy atom. The zero-order chi connectivity index (χ0) is 14.3. The zero-order valence-electron chi connectivity index (χ0n) is 9.65. The Labute approximate surface area is 111 Å². The first-order valence-corrected chi connectivity index (χ1v) is 6.06. The molecule has 0 unspecified atom stereocenters. The van der Waals surface area contributed by atoms with Crippen molar-refractivity contribution in [2.75, 3.05) is 5.88 Å². The van der Waals surface area contributed by atoms with Gasteiger partial charge < -0.3 is 5.32 Å². The van der Waals surface area contributed by atoms with Crippen molar-refractivity contribution in [3.8, 4) is 0 Å². The van der Waals surface area contributed by atoms with Crippen molar-refractivity contribution in [2.45, 2.75) is 24.6 Å². The molecule has 1 fully saturated rings. The van der Waals surface area contributed by atoms with Crippen molar-refractivity contribution in [2.24, 2.45) is 0 Å². The molecule has 2 rings (SSSR count). The molecule has 0 saturated heterocycles. The van der Waals surface area contributed by atoms with E-state index in [-0.39, 0.29) is 5.88 Å². The molecule has 19 heavy (non-hydrogen) atoms. The fraction of sp³-hybridized carbons (Fsp3) is 0.417. The molecule has 0 aromatic heterocycles. The summed E-state index contributed by atoms with van der Waals surface area (Å²) in [5, 5.41) is 2.47. The number of hydrogen-bond acceptors (Lipinski definition) is 1. The first-order valence-electron chi connectivity index (χ1n) is 5.53. The lowest BCUT2D eigenvalue weighted by atomic mass is 10.1. The maximum absolute atomic E-state index is 13.4. The third-order valence-corrected chi connectivity index (χ3v) is 3.54. The number of amides is 1. The highest BCUT2D eigenvalue weighted by Crippen LogP contribution is 2.37. The van der Waals surface area contributed by atoms with Crippen LogP contribution in [0.5, 0.6) is 0 Å². The lowest BCUT2D eigenvalue weighted by Crippen LogP contribution is -2.38. The predicted molar refractivity (Wildman–Crippen MR) is 61.6 cm³/mol. The molecular formula is C12H10ClF4NO. The third-order valence-electron chi connectivity index (χ3n) is 3.03. The summed E-state index contributed by atoms with van der Waals surface area (Å²) >= 11 is 5.64. The fourth-order valence-electron chi connectivity index (χ4n) is 1.63. The van der Waals surface area contributed by atoms with Gasteiger partial charge in [-0.2, -0.15) is 13.2 Å². The van der Waals surface area contributed by atoms with Gasteiger partial charge in [-0.15, -0.1) is 11.6 Å². The van der Waals surface area contributed by atoms with Crippen molar-refractivity contribution in [3.63, 3.8) is 0 Å². The number of benzene rings is 1. The molecule has 1 saturated carbocycles. The molecule has 2 nitrogen and oxygen atoms in total. The van der Waals surface area contributed by atoms with E-state index in [2.05, 4.69) is 5.32 Å². The number of rotatable bonds is 3. The molecule has 1 aliphatic rings. The number of halogens is 5. The van der Waals surface area contributed by atoms with E-state index in [1.165, 1.54) is 0 Å². The summed E-state index contributed by atoms with van der Waals surface area (Å²) in [5.41, 5.74) is -2.28. The van der Waals surface area contributed by atoms with Gasteiger partial charge in [-0.05, 0) is 31.0 Å². The Morgan fingerprint density at radius 1 is 1.37 bits per heavy atom. The van der Waals surface area contributed by atoms with Gasteiger partial charge in [0.05, 0.1) is 16.7 Å². The smallest absolute Gasteiger partial charge is 0.345 e. The van der Waals surface area contributed by atoms with Crippen LogP contribution in [-0.4, -0.2) is 17.3 Å². The van der Waals surface area contributed by atoms with E-state index in [9.17, 15) is 22.4 Å². The molecule has 0 heterocycles. The monoisotopic (exact) mass is 295 g/mol. The van der Waals surface area contributed by atoms with Crippen LogP contribution in [0.2, 0.25) is 0 Å². The maximum Gasteiger partial charge on any atom is 0.416 e. The highest BCUT2D eigenvalue weighted by Gasteiger charge is 2.43. The van der Waals surface area contributed by atoms with Crippen LogP contribution in [0.3, 0.4) is 0 Å². The molecule has 1 aliphatic carbocycles. The summed E-state index contributed by atoms with van der Waals surface area (Å²) < 4.78 is 51.0. The van der Waals surface area contributed by atoms with Crippen LogP contribution >= 0.6 is 11.6 Å². The number of nitrogens with one attached hydrogen (secondary N) is 1. The van der Waals surface area contributed by atoms with Gasteiger partial charge in [0.1, 0.15) is 5.82 Å². The van der Waals surface area contributed by atoms with Crippen LogP contribution in [0.15, 0.2) is 18.2 Å². The summed E-state index contributed by atoms with van der Waals surface area (Å²) in [6.07, 6.45) is -3.34. The van der Waals surface area contributed by atoms with E-state index in [1.807, 2.05) is 0 Å². The van der Waals surface area contributed by atoms with Crippen molar-refractivity contribution in [1.29, 1.82) is 0 Å². The SMILES string of the molecule is O=C(NC1(CCl)CC1)c1cc(C(F)(F)F)ccc1F. The minimum Gasteiger partial charge on any atom is -0.345 e. The van der Waals surface area contributed by atoms with Gasteiger partial charge in [-0.3, -0.25) is 4.79 Å². The molecule has 1 aromatic carbocycles. The summed E-state index contributed by atoms with van der Waals surface area (Å²) in [6.45, 7) is 0. The largest absolute Gasteiger partial charge is 0.416 e. The maximum atomic E-state index is 13.4. The molecular weight excluding hydrogens is 286 g/mol. The third kappa shape index (κ3) is 3.00. The Hall–Kier alpha value is -1.30. The first-order chi connectivity index (χ1) is 8.77. The van der Waals surface area contributed by atoms with Crippen LogP contribution < -0.4 is 5.32 Å². The quantitative estimate of drug-likeness (QED) is 0.672. The highest BCUT2D eigenvalue weighted by molar-refractivity contribution is 6.19. The molecule has 0 spiro atoms. The molecule has 104 valence electrons. The van der Waals surface area contributed by atoms with Crippen molar-refractivity contribution < 1.29 is 22.4 Å². The average Bonchev–Trinajstić information content (AvgIpc) is 3.08. The molecule has 0 bridgehead atoms. The fourth-order valence-corrected chi connectivity index (χ4v) is 1.96. The zero-order valence-corrected chi connectivity index (χ0v) is 10.4. The van der Waals surface area contributed by atoms with E-state index in [4.69, 9.17) is 11.6 Å². The van der Waals surface area contributed by atoms with E-state index >= 15 is 0 Å². The normalized spacial score (nSPS) is 17.1. The molecule has 1 aromatic rings. The van der Waals surface area contributed by atoms with Gasteiger partial charge in [0.2, 0.25) is 0 Å². The second kappa shape index (κ2) is 4.67. The summed E-state index contributed by atoms with van der Waals surface area (Å²) in [5.74, 6) is -1.71. The topological polar surface area (TPSA) is 29.1 Å². The number of alkyl halides is 4. The molecule has 0 atom stereocenters. The molecule has 0 aliphatic heterocycles. The minimum atomic E-state index is -4.62. The van der Waals surface area contributed by atoms with Crippen LogP contribution in [0.1, 0.15) is 28.8 Å². The van der Waals surface area contributed by atoms with Crippen molar-refractivity contribution in [3.05, 3.63) is 35.1 Å². The van der Waals surface area contributed by atoms with E-state index < -0.39 is 34.6 Å². The molecule has 1 N–H and O–H groups in total. The number of hydrogen-bond donors (Lipinski definition) is 1. The minimum absolute atomic E-state index is 0.152. The Balaban J connectivity index is 2.26. The Bertz CT molecular complexity index is 511. The van der Waals surface area contributed by atoms with Crippen LogP contribution in [-0.2, 0) is 6.18 Å². The van der Waals surface area contributed by atoms with Crippen LogP contribution in [0.4, 0.5) is 17.6 Å². The van der Waals surface area contributed by atoms with Crippen molar-refractivity contribution >= 4 is 17.5 Å². The first kappa shape index (κ1) is 14.1.